The number of imidazole rings is 1. The van der Waals surface area contributed by atoms with Gasteiger partial charge in [-0.05, 0) is 79.0 Å². The van der Waals surface area contributed by atoms with E-state index in [2.05, 4.69) is 60.5 Å². The monoisotopic (exact) mass is 532 g/mol. The molecule has 0 atom stereocenters. The maximum atomic E-state index is 14.7. The second-order valence-electron chi connectivity index (χ2n) is 10.4. The van der Waals surface area contributed by atoms with Crippen LogP contribution in [0, 0.1) is 5.82 Å². The van der Waals surface area contributed by atoms with Crippen molar-refractivity contribution in [3.05, 3.63) is 78.6 Å². The number of hydrogen-bond donors (Lipinski definition) is 3. The summed E-state index contributed by atoms with van der Waals surface area (Å²) in [5.74, 6) is 0.372. The number of hydrogen-bond acceptors (Lipinski definition) is 6. The molecule has 200 valence electrons. The standard InChI is InChI=1S/C31H29FN8/c1-2-6-35-24-12-22(14-33-15-24)20-4-5-27-25(13-20)30(39-38-27)31-36-28-17-34-16-26(29(28)37-31)21-9-19(10-23(32)11-21)18-40-7-3-8-40/h4-5,9-17,35H,2-3,6-8,18H2,1H3,(H,36,37)(H,38,39). The van der Waals surface area contributed by atoms with Gasteiger partial charge in [0.15, 0.2) is 5.82 Å². The van der Waals surface area contributed by atoms with Crippen molar-refractivity contribution in [1.29, 1.82) is 0 Å². The van der Waals surface area contributed by atoms with E-state index >= 15 is 0 Å². The van der Waals surface area contributed by atoms with E-state index in [1.54, 1.807) is 24.5 Å². The lowest BCUT2D eigenvalue weighted by Gasteiger charge is -2.30. The Balaban J connectivity index is 1.27. The van der Waals surface area contributed by atoms with Gasteiger partial charge in [0.1, 0.15) is 11.5 Å². The summed E-state index contributed by atoms with van der Waals surface area (Å²) in [5, 5.41) is 12.1. The number of likely N-dealkylation sites (tertiary alicyclic amines) is 1. The van der Waals surface area contributed by atoms with Crippen LogP contribution in [-0.2, 0) is 6.54 Å². The molecule has 0 unspecified atom stereocenters. The third kappa shape index (κ3) is 4.58. The Morgan fingerprint density at radius 2 is 1.82 bits per heavy atom. The fourth-order valence-electron chi connectivity index (χ4n) is 5.29. The second kappa shape index (κ2) is 10.2. The molecule has 9 heteroatoms. The van der Waals surface area contributed by atoms with Gasteiger partial charge in [0.2, 0.25) is 0 Å². The van der Waals surface area contributed by atoms with Gasteiger partial charge in [-0.3, -0.25) is 20.0 Å². The van der Waals surface area contributed by atoms with Crippen LogP contribution in [0.3, 0.4) is 0 Å². The van der Waals surface area contributed by atoms with Gasteiger partial charge in [-0.15, -0.1) is 0 Å². The third-order valence-corrected chi connectivity index (χ3v) is 7.46. The number of rotatable bonds is 8. The molecule has 1 aliphatic heterocycles. The molecule has 4 aromatic heterocycles. The van der Waals surface area contributed by atoms with E-state index < -0.39 is 0 Å². The average molecular weight is 533 g/mol. The predicted octanol–water partition coefficient (Wildman–Crippen LogP) is 6.40. The van der Waals surface area contributed by atoms with E-state index in [9.17, 15) is 4.39 Å². The summed E-state index contributed by atoms with van der Waals surface area (Å²) in [6.45, 7) is 5.90. The van der Waals surface area contributed by atoms with Crippen molar-refractivity contribution >= 4 is 27.6 Å². The first-order chi connectivity index (χ1) is 19.6. The summed E-state index contributed by atoms with van der Waals surface area (Å²) in [5.41, 5.74) is 8.69. The molecule has 0 saturated carbocycles. The molecule has 6 aromatic rings. The summed E-state index contributed by atoms with van der Waals surface area (Å²) in [6, 6.07) is 13.5. The van der Waals surface area contributed by atoms with Gasteiger partial charge < -0.3 is 10.3 Å². The quantitative estimate of drug-likeness (QED) is 0.210. The van der Waals surface area contributed by atoms with Crippen LogP contribution in [0.2, 0.25) is 0 Å². The lowest BCUT2D eigenvalue weighted by Crippen LogP contribution is -2.36. The summed E-state index contributed by atoms with van der Waals surface area (Å²) in [7, 11) is 0. The number of fused-ring (bicyclic) bond motifs is 2. The normalized spacial score (nSPS) is 13.7. The molecule has 3 N–H and O–H groups in total. The lowest BCUT2D eigenvalue weighted by molar-refractivity contribution is 0.172. The highest BCUT2D eigenvalue weighted by atomic mass is 19.1. The van der Waals surface area contributed by atoms with Crippen LogP contribution in [0.1, 0.15) is 25.3 Å². The number of aromatic nitrogens is 6. The zero-order valence-electron chi connectivity index (χ0n) is 22.2. The highest BCUT2D eigenvalue weighted by Crippen LogP contribution is 2.34. The number of nitrogens with zero attached hydrogens (tertiary/aromatic N) is 5. The molecule has 0 aliphatic carbocycles. The molecule has 0 amide bonds. The van der Waals surface area contributed by atoms with Crippen LogP contribution in [0.25, 0.3) is 55.7 Å². The molecule has 5 heterocycles. The van der Waals surface area contributed by atoms with Crippen LogP contribution in [0.4, 0.5) is 10.1 Å². The maximum absolute atomic E-state index is 14.7. The fourth-order valence-corrected chi connectivity index (χ4v) is 5.29. The molecule has 7 rings (SSSR count). The number of aromatic amines is 2. The van der Waals surface area contributed by atoms with Crippen molar-refractivity contribution in [3.8, 4) is 33.8 Å². The first-order valence-corrected chi connectivity index (χ1v) is 13.7. The smallest absolute Gasteiger partial charge is 0.159 e. The number of H-pyrrole nitrogens is 2. The topological polar surface area (TPSA) is 98.4 Å². The largest absolute Gasteiger partial charge is 0.384 e. The van der Waals surface area contributed by atoms with Crippen molar-refractivity contribution in [3.63, 3.8) is 0 Å². The summed E-state index contributed by atoms with van der Waals surface area (Å²) in [4.78, 5) is 19.5. The first kappa shape index (κ1) is 24.4. The molecule has 1 saturated heterocycles. The maximum Gasteiger partial charge on any atom is 0.159 e. The Labute approximate surface area is 230 Å². The number of pyridine rings is 2. The van der Waals surface area contributed by atoms with Crippen molar-refractivity contribution in [1.82, 2.24) is 35.0 Å². The summed E-state index contributed by atoms with van der Waals surface area (Å²) in [6.07, 6.45) is 9.45. The number of nitrogens with one attached hydrogen (secondary N) is 3. The minimum Gasteiger partial charge on any atom is -0.384 e. The van der Waals surface area contributed by atoms with Gasteiger partial charge >= 0.3 is 0 Å². The Kier molecular flexibility index (Phi) is 6.20. The van der Waals surface area contributed by atoms with Crippen LogP contribution in [0.5, 0.6) is 0 Å². The average Bonchev–Trinajstić information content (AvgIpc) is 3.57. The molecule has 2 aromatic carbocycles. The second-order valence-corrected chi connectivity index (χ2v) is 10.4. The van der Waals surface area contributed by atoms with Gasteiger partial charge in [-0.1, -0.05) is 13.0 Å². The molecule has 8 nitrogen and oxygen atoms in total. The van der Waals surface area contributed by atoms with Crippen molar-refractivity contribution in [2.24, 2.45) is 0 Å². The predicted molar refractivity (Wildman–Crippen MR) is 156 cm³/mol. The van der Waals surface area contributed by atoms with Crippen LogP contribution in [0.15, 0.2) is 67.3 Å². The molecule has 1 aliphatic rings. The molecule has 1 fully saturated rings. The first-order valence-electron chi connectivity index (χ1n) is 13.7. The molecule has 0 bridgehead atoms. The minimum atomic E-state index is -0.255. The summed E-state index contributed by atoms with van der Waals surface area (Å²) < 4.78 is 14.7. The lowest BCUT2D eigenvalue weighted by atomic mass is 10.0. The van der Waals surface area contributed by atoms with Crippen molar-refractivity contribution < 1.29 is 4.39 Å². The fraction of sp³-hybridized carbons (Fsp3) is 0.226. The van der Waals surface area contributed by atoms with Gasteiger partial charge in [0, 0.05) is 48.2 Å². The van der Waals surface area contributed by atoms with Gasteiger partial charge in [-0.25, -0.2) is 9.37 Å². The highest BCUT2D eigenvalue weighted by molar-refractivity contribution is 5.98. The van der Waals surface area contributed by atoms with Crippen molar-refractivity contribution in [2.45, 2.75) is 26.3 Å². The van der Waals surface area contributed by atoms with Gasteiger partial charge in [-0.2, -0.15) is 5.10 Å². The number of anilines is 1. The number of halogens is 1. The van der Waals surface area contributed by atoms with E-state index in [1.165, 1.54) is 6.42 Å². The molecule has 0 radical (unpaired) electrons. The summed E-state index contributed by atoms with van der Waals surface area (Å²) >= 11 is 0. The SMILES string of the molecule is CCCNc1cncc(-c2ccc3[nH]nc(-c4nc5c(-c6cc(F)cc(CN7CCC7)c6)cncc5[nH]4)c3c2)c1. The Morgan fingerprint density at radius 3 is 2.67 bits per heavy atom. The van der Waals surface area contributed by atoms with Crippen molar-refractivity contribution in [2.75, 3.05) is 25.0 Å². The zero-order chi connectivity index (χ0) is 27.1. The van der Waals surface area contributed by atoms with Crippen LogP contribution < -0.4 is 5.32 Å². The van der Waals surface area contributed by atoms with E-state index in [0.29, 0.717) is 11.5 Å². The zero-order valence-corrected chi connectivity index (χ0v) is 22.2. The van der Waals surface area contributed by atoms with Crippen LogP contribution >= 0.6 is 0 Å². The molecular formula is C31H29FN8. The van der Waals surface area contributed by atoms with E-state index in [0.717, 1.165) is 88.0 Å². The van der Waals surface area contributed by atoms with E-state index in [1.807, 2.05) is 24.5 Å². The Hall–Kier alpha value is -4.63. The highest BCUT2D eigenvalue weighted by Gasteiger charge is 2.18. The molecule has 40 heavy (non-hydrogen) atoms. The van der Waals surface area contributed by atoms with Gasteiger partial charge in [0.25, 0.3) is 0 Å². The Bertz CT molecular complexity index is 1830. The number of benzene rings is 2. The Morgan fingerprint density at radius 1 is 0.925 bits per heavy atom. The van der Waals surface area contributed by atoms with Gasteiger partial charge in [0.05, 0.1) is 28.4 Å². The molecular weight excluding hydrogens is 503 g/mol. The van der Waals surface area contributed by atoms with Crippen LogP contribution in [-0.4, -0.2) is 54.7 Å². The van der Waals surface area contributed by atoms with E-state index in [-0.39, 0.29) is 5.82 Å². The van der Waals surface area contributed by atoms with E-state index in [4.69, 9.17) is 4.98 Å². The molecule has 0 spiro atoms. The minimum absolute atomic E-state index is 0.255. The third-order valence-electron chi connectivity index (χ3n) is 7.46.